The van der Waals surface area contributed by atoms with Gasteiger partial charge in [-0.05, 0) is 62.3 Å². The van der Waals surface area contributed by atoms with Gasteiger partial charge in [-0.15, -0.1) is 0 Å². The molecule has 1 N–H and O–H groups in total. The molecule has 0 atom stereocenters. The second kappa shape index (κ2) is 4.88. The highest BCUT2D eigenvalue weighted by Crippen LogP contribution is 2.24. The number of carboxylic acid groups (broad SMARTS) is 1. The Morgan fingerprint density at radius 1 is 1.57 bits per heavy atom. The van der Waals surface area contributed by atoms with E-state index in [2.05, 4.69) is 15.9 Å². The fourth-order valence-corrected chi connectivity index (χ4v) is 1.83. The molecule has 14 heavy (non-hydrogen) atoms. The molecule has 0 saturated carbocycles. The second-order valence-electron chi connectivity index (χ2n) is 2.46. The Morgan fingerprint density at radius 3 is 2.79 bits per heavy atom. The molecule has 0 spiro atoms. The predicted molar refractivity (Wildman–Crippen MR) is 63.5 cm³/mol. The number of rotatable bonds is 2. The first kappa shape index (κ1) is 11.6. The average molecular weight is 371 g/mol. The number of benzene rings is 1. The first-order valence-electron chi connectivity index (χ1n) is 3.56. The van der Waals surface area contributed by atoms with Crippen molar-refractivity contribution in [2.75, 3.05) is 0 Å². The van der Waals surface area contributed by atoms with Crippen LogP contribution in [0.2, 0.25) is 0 Å². The number of aliphatic carboxylic acids is 1. The van der Waals surface area contributed by atoms with Crippen LogP contribution in [0.5, 0.6) is 0 Å². The van der Waals surface area contributed by atoms with Crippen molar-refractivity contribution in [2.45, 2.75) is 0 Å². The summed E-state index contributed by atoms with van der Waals surface area (Å²) < 4.78 is 14.1. The summed E-state index contributed by atoms with van der Waals surface area (Å²) in [5.41, 5.74) is 0.511. The highest BCUT2D eigenvalue weighted by Gasteiger charge is 2.05. The Labute approximate surface area is 102 Å². The highest BCUT2D eigenvalue weighted by atomic mass is 127. The van der Waals surface area contributed by atoms with Gasteiger partial charge in [0, 0.05) is 9.65 Å². The van der Waals surface area contributed by atoms with Crippen molar-refractivity contribution < 1.29 is 14.3 Å². The summed E-state index contributed by atoms with van der Waals surface area (Å²) in [4.78, 5) is 10.3. The number of carboxylic acids is 1. The molecule has 74 valence electrons. The Bertz CT molecular complexity index is 404. The third kappa shape index (κ3) is 3.06. The molecule has 1 rings (SSSR count). The number of halogens is 3. The van der Waals surface area contributed by atoms with E-state index in [0.717, 1.165) is 6.08 Å². The fraction of sp³-hybridized carbons (Fsp3) is 0. The summed E-state index contributed by atoms with van der Waals surface area (Å²) in [5.74, 6) is -1.46. The van der Waals surface area contributed by atoms with E-state index in [1.807, 2.05) is 22.6 Å². The molecule has 1 aromatic rings. The SMILES string of the molecule is O=C(O)/C=C/c1cc(I)cc(F)c1Br. The lowest BCUT2D eigenvalue weighted by molar-refractivity contribution is -0.131. The smallest absolute Gasteiger partial charge is 0.328 e. The van der Waals surface area contributed by atoms with Gasteiger partial charge in [-0.1, -0.05) is 0 Å². The largest absolute Gasteiger partial charge is 0.478 e. The molecule has 1 aromatic carbocycles. The lowest BCUT2D eigenvalue weighted by Crippen LogP contribution is -1.88. The summed E-state index contributed by atoms with van der Waals surface area (Å²) in [5, 5.41) is 8.41. The minimum atomic E-state index is -1.06. The van der Waals surface area contributed by atoms with Crippen molar-refractivity contribution in [2.24, 2.45) is 0 Å². The maximum Gasteiger partial charge on any atom is 0.328 e. The zero-order valence-corrected chi connectivity index (χ0v) is 10.5. The highest BCUT2D eigenvalue weighted by molar-refractivity contribution is 14.1. The molecule has 0 fully saturated rings. The third-order valence-corrected chi connectivity index (χ3v) is 2.89. The maximum atomic E-state index is 13.1. The Hall–Kier alpha value is -0.430. The minimum Gasteiger partial charge on any atom is -0.478 e. The van der Waals surface area contributed by atoms with Crippen LogP contribution in [-0.4, -0.2) is 11.1 Å². The van der Waals surface area contributed by atoms with Crippen molar-refractivity contribution in [1.82, 2.24) is 0 Å². The van der Waals surface area contributed by atoms with E-state index in [1.165, 1.54) is 12.1 Å². The lowest BCUT2D eigenvalue weighted by Gasteiger charge is -2.00. The number of hydrogen-bond donors (Lipinski definition) is 1. The summed E-state index contributed by atoms with van der Waals surface area (Å²) in [6, 6.07) is 3.05. The quantitative estimate of drug-likeness (QED) is 0.492. The van der Waals surface area contributed by atoms with Crippen molar-refractivity contribution in [1.29, 1.82) is 0 Å². The summed E-state index contributed by atoms with van der Waals surface area (Å²) in [7, 11) is 0. The summed E-state index contributed by atoms with van der Waals surface area (Å²) >= 11 is 5.00. The molecule has 0 heterocycles. The standard InChI is InChI=1S/C9H5BrFIO2/c10-9-5(1-2-8(13)14)3-6(12)4-7(9)11/h1-4H,(H,13,14)/b2-1+. The lowest BCUT2D eigenvalue weighted by atomic mass is 10.2. The van der Waals surface area contributed by atoms with Crippen molar-refractivity contribution in [3.63, 3.8) is 0 Å². The Kier molecular flexibility index (Phi) is 4.06. The molecular weight excluding hydrogens is 366 g/mol. The van der Waals surface area contributed by atoms with Gasteiger partial charge in [0.1, 0.15) is 5.82 Å². The van der Waals surface area contributed by atoms with E-state index in [9.17, 15) is 9.18 Å². The maximum absolute atomic E-state index is 13.1. The van der Waals surface area contributed by atoms with Crippen molar-refractivity contribution in [3.8, 4) is 0 Å². The zero-order valence-electron chi connectivity index (χ0n) is 6.80. The molecule has 0 bridgehead atoms. The molecule has 2 nitrogen and oxygen atoms in total. The van der Waals surface area contributed by atoms with E-state index >= 15 is 0 Å². The van der Waals surface area contributed by atoms with Crippen molar-refractivity contribution in [3.05, 3.63) is 37.6 Å². The van der Waals surface area contributed by atoms with E-state index in [1.54, 1.807) is 6.07 Å². The van der Waals surface area contributed by atoms with Crippen LogP contribution in [0, 0.1) is 9.39 Å². The Balaban J connectivity index is 3.14. The molecule has 0 aliphatic heterocycles. The van der Waals surface area contributed by atoms with Gasteiger partial charge in [-0.25, -0.2) is 9.18 Å². The van der Waals surface area contributed by atoms with Gasteiger partial charge < -0.3 is 5.11 Å². The third-order valence-electron chi connectivity index (χ3n) is 1.43. The van der Waals surface area contributed by atoms with E-state index in [0.29, 0.717) is 9.13 Å². The van der Waals surface area contributed by atoms with E-state index in [-0.39, 0.29) is 4.47 Å². The van der Waals surface area contributed by atoms with Crippen LogP contribution in [0.15, 0.2) is 22.7 Å². The van der Waals surface area contributed by atoms with Crippen LogP contribution >= 0.6 is 38.5 Å². The van der Waals surface area contributed by atoms with Crippen LogP contribution in [-0.2, 0) is 4.79 Å². The van der Waals surface area contributed by atoms with Gasteiger partial charge in [0.15, 0.2) is 0 Å². The van der Waals surface area contributed by atoms with Crippen LogP contribution in [0.3, 0.4) is 0 Å². The minimum absolute atomic E-state index is 0.274. The van der Waals surface area contributed by atoms with E-state index in [4.69, 9.17) is 5.11 Å². The Morgan fingerprint density at radius 2 is 2.21 bits per heavy atom. The number of hydrogen-bond acceptors (Lipinski definition) is 1. The van der Waals surface area contributed by atoms with Gasteiger partial charge in [0.05, 0.1) is 4.47 Å². The molecule has 0 saturated heterocycles. The van der Waals surface area contributed by atoms with Crippen LogP contribution < -0.4 is 0 Å². The molecular formula is C9H5BrFIO2. The van der Waals surface area contributed by atoms with Gasteiger partial charge in [-0.2, -0.15) is 0 Å². The first-order chi connectivity index (χ1) is 6.50. The van der Waals surface area contributed by atoms with Crippen LogP contribution in [0.1, 0.15) is 5.56 Å². The molecule has 0 aliphatic carbocycles. The molecule has 5 heteroatoms. The monoisotopic (exact) mass is 370 g/mol. The summed E-state index contributed by atoms with van der Waals surface area (Å²) in [6.45, 7) is 0. The van der Waals surface area contributed by atoms with Crippen molar-refractivity contribution >= 4 is 50.6 Å². The summed E-state index contributed by atoms with van der Waals surface area (Å²) in [6.07, 6.45) is 2.31. The average Bonchev–Trinajstić information content (AvgIpc) is 2.08. The number of carbonyl (C=O) groups is 1. The zero-order chi connectivity index (χ0) is 10.7. The predicted octanol–water partition coefficient (Wildman–Crippen LogP) is 3.29. The molecule has 0 amide bonds. The van der Waals surface area contributed by atoms with Gasteiger partial charge in [0.2, 0.25) is 0 Å². The van der Waals surface area contributed by atoms with Crippen LogP contribution in [0.25, 0.3) is 6.08 Å². The molecule has 0 unspecified atom stereocenters. The normalized spacial score (nSPS) is 10.8. The molecule has 0 radical (unpaired) electrons. The second-order valence-corrected chi connectivity index (χ2v) is 4.50. The van der Waals surface area contributed by atoms with Gasteiger partial charge >= 0.3 is 5.97 Å². The van der Waals surface area contributed by atoms with Gasteiger partial charge in [0.25, 0.3) is 0 Å². The fourth-order valence-electron chi connectivity index (χ4n) is 0.858. The first-order valence-corrected chi connectivity index (χ1v) is 5.43. The molecule has 0 aliphatic rings. The van der Waals surface area contributed by atoms with Gasteiger partial charge in [-0.3, -0.25) is 0 Å². The van der Waals surface area contributed by atoms with Crippen LogP contribution in [0.4, 0.5) is 4.39 Å². The topological polar surface area (TPSA) is 37.3 Å². The van der Waals surface area contributed by atoms with E-state index < -0.39 is 11.8 Å². The molecule has 0 aromatic heterocycles.